The van der Waals surface area contributed by atoms with E-state index in [9.17, 15) is 4.79 Å². The predicted molar refractivity (Wildman–Crippen MR) is 151 cm³/mol. The number of benzene rings is 2. The third-order valence-electron chi connectivity index (χ3n) is 5.91. The quantitative estimate of drug-likeness (QED) is 0.291. The molecule has 0 aliphatic carbocycles. The Balaban J connectivity index is 0.000000333. The molecule has 1 aliphatic rings. The fourth-order valence-corrected chi connectivity index (χ4v) is 3.86. The predicted octanol–water partition coefficient (Wildman–Crippen LogP) is 4.06. The van der Waals surface area contributed by atoms with Gasteiger partial charge in [-0.3, -0.25) is 4.98 Å². The SMILES string of the molecule is Cc1ccc(Oc2ccc(Nc3ncnc4ccc(C#CCN)cc34)cc2C)cn1.O=C(O)N1CCNCC1. The van der Waals surface area contributed by atoms with Crippen LogP contribution in [0.15, 0.2) is 61.1 Å². The van der Waals surface area contributed by atoms with Gasteiger partial charge in [0.15, 0.2) is 0 Å². The number of amides is 1. The average Bonchev–Trinajstić information content (AvgIpc) is 2.95. The first kappa shape index (κ1) is 27.3. The zero-order chi connectivity index (χ0) is 27.6. The minimum Gasteiger partial charge on any atom is -0.465 e. The molecule has 0 atom stereocenters. The van der Waals surface area contributed by atoms with Crippen LogP contribution in [0, 0.1) is 25.7 Å². The summed E-state index contributed by atoms with van der Waals surface area (Å²) >= 11 is 0. The van der Waals surface area contributed by atoms with Crippen molar-refractivity contribution in [1.82, 2.24) is 25.2 Å². The van der Waals surface area contributed by atoms with Crippen LogP contribution in [0.25, 0.3) is 10.9 Å². The fraction of sp³-hybridized carbons (Fsp3) is 0.241. The molecule has 0 saturated carbocycles. The lowest BCUT2D eigenvalue weighted by molar-refractivity contribution is 0.139. The molecule has 5 rings (SSSR count). The minimum atomic E-state index is -0.809. The second-order valence-electron chi connectivity index (χ2n) is 8.82. The summed E-state index contributed by atoms with van der Waals surface area (Å²) in [5.74, 6) is 8.12. The van der Waals surface area contributed by atoms with Crippen molar-refractivity contribution < 1.29 is 14.6 Å². The molecule has 1 aliphatic heterocycles. The highest BCUT2D eigenvalue weighted by molar-refractivity contribution is 5.91. The normalized spacial score (nSPS) is 12.5. The number of aromatic nitrogens is 3. The van der Waals surface area contributed by atoms with Gasteiger partial charge in [-0.2, -0.15) is 0 Å². The van der Waals surface area contributed by atoms with Gasteiger partial charge in [0, 0.05) is 48.5 Å². The van der Waals surface area contributed by atoms with Crippen LogP contribution >= 0.6 is 0 Å². The number of nitrogens with one attached hydrogen (secondary N) is 2. The van der Waals surface area contributed by atoms with Crippen LogP contribution in [0.5, 0.6) is 11.5 Å². The van der Waals surface area contributed by atoms with Gasteiger partial charge in [-0.05, 0) is 67.9 Å². The number of ether oxygens (including phenoxy) is 1. The van der Waals surface area contributed by atoms with Crippen molar-refractivity contribution >= 4 is 28.5 Å². The van der Waals surface area contributed by atoms with Gasteiger partial charge in [0.2, 0.25) is 0 Å². The number of hydrogen-bond acceptors (Lipinski definition) is 8. The van der Waals surface area contributed by atoms with E-state index in [0.717, 1.165) is 52.3 Å². The van der Waals surface area contributed by atoms with E-state index in [1.54, 1.807) is 12.5 Å². The van der Waals surface area contributed by atoms with Gasteiger partial charge in [0.05, 0.1) is 18.3 Å². The van der Waals surface area contributed by atoms with Crippen molar-refractivity contribution in [1.29, 1.82) is 0 Å². The lowest BCUT2D eigenvalue weighted by atomic mass is 10.1. The maximum Gasteiger partial charge on any atom is 0.407 e. The molecule has 0 unspecified atom stereocenters. The van der Waals surface area contributed by atoms with Crippen molar-refractivity contribution in [3.63, 3.8) is 0 Å². The molecule has 4 aromatic rings. The Morgan fingerprint density at radius 2 is 1.92 bits per heavy atom. The van der Waals surface area contributed by atoms with Gasteiger partial charge in [0.25, 0.3) is 0 Å². The second kappa shape index (κ2) is 13.2. The summed E-state index contributed by atoms with van der Waals surface area (Å²) in [6, 6.07) is 15.6. The molecule has 200 valence electrons. The van der Waals surface area contributed by atoms with E-state index in [2.05, 4.69) is 37.4 Å². The smallest absolute Gasteiger partial charge is 0.407 e. The first-order valence-electron chi connectivity index (χ1n) is 12.5. The number of piperazine rings is 1. The summed E-state index contributed by atoms with van der Waals surface area (Å²) in [4.78, 5) is 24.7. The number of aryl methyl sites for hydroxylation is 2. The Kier molecular flexibility index (Phi) is 9.24. The third-order valence-corrected chi connectivity index (χ3v) is 5.91. The van der Waals surface area contributed by atoms with Crippen LogP contribution in [0.2, 0.25) is 0 Å². The van der Waals surface area contributed by atoms with E-state index >= 15 is 0 Å². The lowest BCUT2D eigenvalue weighted by Gasteiger charge is -2.23. The molecule has 10 heteroatoms. The lowest BCUT2D eigenvalue weighted by Crippen LogP contribution is -2.45. The third kappa shape index (κ3) is 7.64. The van der Waals surface area contributed by atoms with Gasteiger partial charge in [-0.15, -0.1) is 0 Å². The Hall–Kier alpha value is -4.72. The molecule has 1 fully saturated rings. The molecular formula is C29H31N7O3. The summed E-state index contributed by atoms with van der Waals surface area (Å²) in [6.45, 7) is 7.07. The number of rotatable bonds is 4. The van der Waals surface area contributed by atoms with Gasteiger partial charge < -0.3 is 31.1 Å². The molecule has 1 saturated heterocycles. The average molecular weight is 526 g/mol. The summed E-state index contributed by atoms with van der Waals surface area (Å²) < 4.78 is 5.95. The first-order chi connectivity index (χ1) is 18.9. The summed E-state index contributed by atoms with van der Waals surface area (Å²) in [5.41, 5.74) is 10.0. The number of fused-ring (bicyclic) bond motifs is 1. The van der Waals surface area contributed by atoms with Crippen molar-refractivity contribution in [3.8, 4) is 23.3 Å². The first-order valence-corrected chi connectivity index (χ1v) is 12.5. The standard InChI is InChI=1S/C24H21N5O.C5H10N2O2/c1-16-12-19(7-10-23(16)30-20-8-5-17(2)26-14-20)29-24-21-13-18(4-3-11-25)6-9-22(21)27-15-28-24;8-5(9)7-3-1-6-2-4-7/h5-10,12-15H,11,25H2,1-2H3,(H,27,28,29);6H,1-4H2,(H,8,9). The van der Waals surface area contributed by atoms with Crippen molar-refractivity contribution in [2.45, 2.75) is 13.8 Å². The highest BCUT2D eigenvalue weighted by Gasteiger charge is 2.13. The van der Waals surface area contributed by atoms with Crippen LogP contribution in [0.3, 0.4) is 0 Å². The van der Waals surface area contributed by atoms with Crippen LogP contribution in [-0.2, 0) is 0 Å². The Bertz CT molecular complexity index is 1490. The fourth-order valence-electron chi connectivity index (χ4n) is 3.86. The number of carboxylic acid groups (broad SMARTS) is 1. The summed E-state index contributed by atoms with van der Waals surface area (Å²) in [7, 11) is 0. The number of pyridine rings is 1. The maximum atomic E-state index is 10.3. The topological polar surface area (TPSA) is 139 Å². The molecule has 0 radical (unpaired) electrons. The number of hydrogen-bond donors (Lipinski definition) is 4. The maximum absolute atomic E-state index is 10.3. The second-order valence-corrected chi connectivity index (χ2v) is 8.82. The molecule has 10 nitrogen and oxygen atoms in total. The molecule has 3 heterocycles. The Morgan fingerprint density at radius 1 is 1.10 bits per heavy atom. The van der Waals surface area contributed by atoms with Gasteiger partial charge in [0.1, 0.15) is 23.6 Å². The van der Waals surface area contributed by atoms with Crippen LogP contribution in [-0.4, -0.2) is 63.8 Å². The van der Waals surface area contributed by atoms with Crippen LogP contribution in [0.1, 0.15) is 16.8 Å². The monoisotopic (exact) mass is 525 g/mol. The molecule has 39 heavy (non-hydrogen) atoms. The van der Waals surface area contributed by atoms with Gasteiger partial charge in [-0.1, -0.05) is 11.8 Å². The summed E-state index contributed by atoms with van der Waals surface area (Å²) in [5, 5.41) is 15.8. The van der Waals surface area contributed by atoms with Crippen LogP contribution in [0.4, 0.5) is 16.3 Å². The Morgan fingerprint density at radius 3 is 2.59 bits per heavy atom. The number of carbonyl (C=O) groups is 1. The van der Waals surface area contributed by atoms with E-state index in [1.807, 2.05) is 62.4 Å². The summed E-state index contributed by atoms with van der Waals surface area (Å²) in [6.07, 6.45) is 2.46. The van der Waals surface area contributed by atoms with Gasteiger partial charge in [-0.25, -0.2) is 14.8 Å². The number of nitrogens with two attached hydrogens (primary N) is 1. The van der Waals surface area contributed by atoms with E-state index in [1.165, 1.54) is 4.90 Å². The minimum absolute atomic E-state index is 0.320. The molecule has 2 aromatic heterocycles. The molecule has 1 amide bonds. The largest absolute Gasteiger partial charge is 0.465 e. The molecule has 2 aromatic carbocycles. The van der Waals surface area contributed by atoms with E-state index in [4.69, 9.17) is 15.6 Å². The van der Waals surface area contributed by atoms with Crippen molar-refractivity contribution in [2.75, 3.05) is 38.0 Å². The molecular weight excluding hydrogens is 494 g/mol. The molecule has 0 spiro atoms. The molecule has 0 bridgehead atoms. The highest BCUT2D eigenvalue weighted by atomic mass is 16.5. The zero-order valence-electron chi connectivity index (χ0n) is 21.9. The van der Waals surface area contributed by atoms with E-state index in [0.29, 0.717) is 31.2 Å². The Labute approximate surface area is 227 Å². The van der Waals surface area contributed by atoms with Crippen molar-refractivity contribution in [3.05, 3.63) is 77.9 Å². The number of anilines is 2. The van der Waals surface area contributed by atoms with Crippen LogP contribution < -0.4 is 21.1 Å². The number of nitrogens with zero attached hydrogens (tertiary/aromatic N) is 4. The molecule has 5 N–H and O–H groups in total. The van der Waals surface area contributed by atoms with E-state index in [-0.39, 0.29) is 0 Å². The zero-order valence-corrected chi connectivity index (χ0v) is 21.9. The van der Waals surface area contributed by atoms with Gasteiger partial charge >= 0.3 is 6.09 Å². The van der Waals surface area contributed by atoms with Crippen molar-refractivity contribution in [2.24, 2.45) is 5.73 Å². The van der Waals surface area contributed by atoms with E-state index < -0.39 is 6.09 Å². The highest BCUT2D eigenvalue weighted by Crippen LogP contribution is 2.29.